The molecule has 0 aliphatic rings. The fourth-order valence-corrected chi connectivity index (χ4v) is 1.22. The van der Waals surface area contributed by atoms with Crippen molar-refractivity contribution in [2.75, 3.05) is 0 Å². The summed E-state index contributed by atoms with van der Waals surface area (Å²) >= 11 is 5.57. The summed E-state index contributed by atoms with van der Waals surface area (Å²) in [6.07, 6.45) is 0. The molecule has 0 aliphatic carbocycles. The van der Waals surface area contributed by atoms with E-state index in [4.69, 9.17) is 16.9 Å². The molecule has 0 spiro atoms. The van der Waals surface area contributed by atoms with Crippen LogP contribution in [0.25, 0.3) is 0 Å². The van der Waals surface area contributed by atoms with Crippen LogP contribution in [0, 0.1) is 11.3 Å². The number of hydrogen-bond acceptors (Lipinski definition) is 2. The number of H-pyrrole nitrogens is 1. The van der Waals surface area contributed by atoms with Crippen molar-refractivity contribution in [2.24, 2.45) is 0 Å². The van der Waals surface area contributed by atoms with Crippen molar-refractivity contribution in [3.63, 3.8) is 0 Å². The minimum atomic E-state index is -0.343. The first-order chi connectivity index (χ1) is 6.06. The van der Waals surface area contributed by atoms with E-state index in [1.807, 2.05) is 19.9 Å². The second-order valence-electron chi connectivity index (χ2n) is 3.04. The molecule has 0 atom stereocenters. The minimum absolute atomic E-state index is 0.0564. The Balaban J connectivity index is 3.44. The van der Waals surface area contributed by atoms with Crippen molar-refractivity contribution in [2.45, 2.75) is 19.8 Å². The summed E-state index contributed by atoms with van der Waals surface area (Å²) in [5.41, 5.74) is 0.723. The van der Waals surface area contributed by atoms with Crippen LogP contribution in [0.3, 0.4) is 0 Å². The number of nitriles is 1. The van der Waals surface area contributed by atoms with Crippen molar-refractivity contribution in [1.29, 1.82) is 5.26 Å². The van der Waals surface area contributed by atoms with E-state index in [-0.39, 0.29) is 16.5 Å². The zero-order valence-corrected chi connectivity index (χ0v) is 8.14. The molecule has 0 amide bonds. The molecule has 0 unspecified atom stereocenters. The van der Waals surface area contributed by atoms with Gasteiger partial charge in [0.15, 0.2) is 0 Å². The van der Waals surface area contributed by atoms with Crippen LogP contribution < -0.4 is 5.56 Å². The molecule has 3 nitrogen and oxygen atoms in total. The fourth-order valence-electron chi connectivity index (χ4n) is 1.07. The van der Waals surface area contributed by atoms with Gasteiger partial charge in [-0.2, -0.15) is 5.26 Å². The highest BCUT2D eigenvalue weighted by Gasteiger charge is 2.09. The van der Waals surface area contributed by atoms with Crippen LogP contribution in [0.15, 0.2) is 10.9 Å². The topological polar surface area (TPSA) is 56.6 Å². The lowest BCUT2D eigenvalue weighted by molar-refractivity contribution is 0.811. The second kappa shape index (κ2) is 3.63. The molecule has 0 saturated heterocycles. The summed E-state index contributed by atoms with van der Waals surface area (Å²) in [4.78, 5) is 13.7. The quantitative estimate of drug-likeness (QED) is 0.747. The highest BCUT2D eigenvalue weighted by molar-refractivity contribution is 6.30. The van der Waals surface area contributed by atoms with Gasteiger partial charge in [0.25, 0.3) is 5.56 Å². The van der Waals surface area contributed by atoms with Gasteiger partial charge in [0.1, 0.15) is 11.1 Å². The van der Waals surface area contributed by atoms with Gasteiger partial charge in [-0.05, 0) is 12.0 Å². The van der Waals surface area contributed by atoms with Gasteiger partial charge >= 0.3 is 0 Å². The van der Waals surface area contributed by atoms with Crippen LogP contribution in [-0.2, 0) is 0 Å². The lowest BCUT2D eigenvalue weighted by atomic mass is 10.1. The summed E-state index contributed by atoms with van der Waals surface area (Å²) in [6, 6.07) is 3.39. The second-order valence-corrected chi connectivity index (χ2v) is 3.45. The molecule has 0 aliphatic heterocycles. The third kappa shape index (κ3) is 1.90. The third-order valence-electron chi connectivity index (χ3n) is 1.72. The smallest absolute Gasteiger partial charge is 0.267 e. The Morgan fingerprint density at radius 2 is 2.23 bits per heavy atom. The predicted molar refractivity (Wildman–Crippen MR) is 50.9 cm³/mol. The van der Waals surface area contributed by atoms with E-state index in [1.165, 1.54) is 6.07 Å². The molecule has 68 valence electrons. The standard InChI is InChI=1S/C9H9ClN2O/c1-5(2)8-6(4-11)3-7(10)9(13)12-8/h3,5H,1-2H3,(H,12,13). The van der Waals surface area contributed by atoms with Crippen LogP contribution in [0.1, 0.15) is 31.0 Å². The Bertz CT molecular complexity index is 415. The Morgan fingerprint density at radius 3 is 2.69 bits per heavy atom. The molecule has 1 aromatic heterocycles. The molecule has 4 heteroatoms. The average Bonchev–Trinajstić information content (AvgIpc) is 2.08. The Kier molecular flexibility index (Phi) is 2.74. The number of halogens is 1. The summed E-state index contributed by atoms with van der Waals surface area (Å²) < 4.78 is 0. The van der Waals surface area contributed by atoms with Gasteiger partial charge in [-0.25, -0.2) is 0 Å². The zero-order valence-electron chi connectivity index (χ0n) is 7.39. The molecule has 1 N–H and O–H groups in total. The van der Waals surface area contributed by atoms with Gasteiger partial charge < -0.3 is 4.98 Å². The van der Waals surface area contributed by atoms with Gasteiger partial charge in [-0.3, -0.25) is 4.79 Å². The van der Waals surface area contributed by atoms with E-state index in [0.717, 1.165) is 0 Å². The summed E-state index contributed by atoms with van der Waals surface area (Å²) in [5.74, 6) is 0.111. The van der Waals surface area contributed by atoms with E-state index in [2.05, 4.69) is 4.98 Å². The first kappa shape index (κ1) is 9.82. The van der Waals surface area contributed by atoms with Gasteiger partial charge in [0.05, 0.1) is 5.56 Å². The molecule has 0 radical (unpaired) electrons. The summed E-state index contributed by atoms with van der Waals surface area (Å²) in [7, 11) is 0. The average molecular weight is 197 g/mol. The Morgan fingerprint density at radius 1 is 1.62 bits per heavy atom. The van der Waals surface area contributed by atoms with Gasteiger partial charge in [-0.15, -0.1) is 0 Å². The fraction of sp³-hybridized carbons (Fsp3) is 0.333. The van der Waals surface area contributed by atoms with E-state index in [1.54, 1.807) is 0 Å². The molecule has 0 bridgehead atoms. The molecular weight excluding hydrogens is 188 g/mol. The van der Waals surface area contributed by atoms with E-state index >= 15 is 0 Å². The maximum atomic E-state index is 11.1. The Labute approximate surface area is 81.0 Å². The zero-order chi connectivity index (χ0) is 10.0. The normalized spacial score (nSPS) is 10.1. The molecule has 0 fully saturated rings. The number of rotatable bonds is 1. The van der Waals surface area contributed by atoms with Crippen molar-refractivity contribution in [1.82, 2.24) is 4.98 Å². The number of aromatic nitrogens is 1. The van der Waals surface area contributed by atoms with Crippen molar-refractivity contribution >= 4 is 11.6 Å². The molecular formula is C9H9ClN2O. The van der Waals surface area contributed by atoms with Crippen LogP contribution in [0.4, 0.5) is 0 Å². The lowest BCUT2D eigenvalue weighted by Crippen LogP contribution is -2.12. The molecule has 1 heterocycles. The van der Waals surface area contributed by atoms with Crippen LogP contribution in [-0.4, -0.2) is 4.98 Å². The first-order valence-electron chi connectivity index (χ1n) is 3.89. The number of aromatic amines is 1. The first-order valence-corrected chi connectivity index (χ1v) is 4.27. The molecule has 1 aromatic rings. The van der Waals surface area contributed by atoms with Gasteiger partial charge in [-0.1, -0.05) is 25.4 Å². The SMILES string of the molecule is CC(C)c1[nH]c(=O)c(Cl)cc1C#N. The van der Waals surface area contributed by atoms with Crippen molar-refractivity contribution in [3.8, 4) is 6.07 Å². The largest absolute Gasteiger partial charge is 0.323 e. The van der Waals surface area contributed by atoms with E-state index < -0.39 is 0 Å². The highest BCUT2D eigenvalue weighted by atomic mass is 35.5. The highest BCUT2D eigenvalue weighted by Crippen LogP contribution is 2.16. The summed E-state index contributed by atoms with van der Waals surface area (Å²) in [6.45, 7) is 3.81. The number of nitrogens with zero attached hydrogens (tertiary/aromatic N) is 1. The number of hydrogen-bond donors (Lipinski definition) is 1. The predicted octanol–water partition coefficient (Wildman–Crippen LogP) is 2.02. The number of nitrogens with one attached hydrogen (secondary N) is 1. The maximum Gasteiger partial charge on any atom is 0.267 e. The lowest BCUT2D eigenvalue weighted by Gasteiger charge is -2.06. The monoisotopic (exact) mass is 196 g/mol. The van der Waals surface area contributed by atoms with Gasteiger partial charge in [0.2, 0.25) is 0 Å². The maximum absolute atomic E-state index is 11.1. The summed E-state index contributed by atoms with van der Waals surface area (Å²) in [5, 5.41) is 8.81. The van der Waals surface area contributed by atoms with Crippen LogP contribution >= 0.6 is 11.6 Å². The third-order valence-corrected chi connectivity index (χ3v) is 2.00. The number of pyridine rings is 1. The van der Waals surface area contributed by atoms with E-state index in [0.29, 0.717) is 11.3 Å². The van der Waals surface area contributed by atoms with Crippen LogP contribution in [0.5, 0.6) is 0 Å². The molecule has 0 aromatic carbocycles. The minimum Gasteiger partial charge on any atom is -0.323 e. The molecule has 0 saturated carbocycles. The Hall–Kier alpha value is -1.27. The molecule has 13 heavy (non-hydrogen) atoms. The van der Waals surface area contributed by atoms with Gasteiger partial charge in [0, 0.05) is 5.69 Å². The van der Waals surface area contributed by atoms with Crippen molar-refractivity contribution in [3.05, 3.63) is 32.7 Å². The van der Waals surface area contributed by atoms with E-state index in [9.17, 15) is 4.79 Å². The van der Waals surface area contributed by atoms with Crippen LogP contribution in [0.2, 0.25) is 5.02 Å². The van der Waals surface area contributed by atoms with Crippen molar-refractivity contribution < 1.29 is 0 Å². The molecule has 1 rings (SSSR count).